The molecule has 0 aliphatic carbocycles. The van der Waals surface area contributed by atoms with E-state index in [0.29, 0.717) is 6.42 Å². The maximum atomic E-state index is 11.3. The largest absolute Gasteiger partial charge is 0.469 e. The van der Waals surface area contributed by atoms with Gasteiger partial charge < -0.3 is 15.2 Å². The van der Waals surface area contributed by atoms with E-state index in [2.05, 4.69) is 10.1 Å². The lowest BCUT2D eigenvalue weighted by Gasteiger charge is -2.09. The van der Waals surface area contributed by atoms with Crippen LogP contribution in [0.3, 0.4) is 0 Å². The van der Waals surface area contributed by atoms with E-state index in [4.69, 9.17) is 5.11 Å². The Hall–Kier alpha value is -1.39. The maximum Gasteiger partial charge on any atom is 0.309 e. The average molecular weight is 251 g/mol. The maximum absolute atomic E-state index is 11.3. The molecule has 0 fully saturated rings. The van der Waals surface area contributed by atoms with Gasteiger partial charge in [0.2, 0.25) is 0 Å². The van der Waals surface area contributed by atoms with Crippen molar-refractivity contribution in [2.75, 3.05) is 20.3 Å². The molecule has 0 aromatic heterocycles. The number of unbranched alkanes of at least 4 members (excludes halogenated alkanes) is 1. The molecule has 0 spiro atoms. The van der Waals surface area contributed by atoms with E-state index < -0.39 is 0 Å². The molecule has 4 heteroatoms. The summed E-state index contributed by atoms with van der Waals surface area (Å²) in [4.78, 5) is 11.3. The van der Waals surface area contributed by atoms with Gasteiger partial charge in [-0.15, -0.1) is 0 Å². The quantitative estimate of drug-likeness (QED) is 0.539. The van der Waals surface area contributed by atoms with Crippen LogP contribution in [0.1, 0.15) is 24.0 Å². The number of esters is 1. The van der Waals surface area contributed by atoms with Gasteiger partial charge in [0.05, 0.1) is 13.5 Å². The fourth-order valence-electron chi connectivity index (χ4n) is 1.71. The highest BCUT2D eigenvalue weighted by Gasteiger charge is 2.07. The second kappa shape index (κ2) is 8.66. The molecule has 0 amide bonds. The van der Waals surface area contributed by atoms with Crippen LogP contribution in [-0.4, -0.2) is 31.3 Å². The molecule has 100 valence electrons. The van der Waals surface area contributed by atoms with Gasteiger partial charge in [0.1, 0.15) is 0 Å². The molecule has 18 heavy (non-hydrogen) atoms. The van der Waals surface area contributed by atoms with E-state index in [-0.39, 0.29) is 12.6 Å². The highest BCUT2D eigenvalue weighted by Crippen LogP contribution is 2.10. The van der Waals surface area contributed by atoms with Gasteiger partial charge in [0.25, 0.3) is 0 Å². The van der Waals surface area contributed by atoms with Crippen molar-refractivity contribution >= 4 is 5.97 Å². The second-order valence-electron chi connectivity index (χ2n) is 4.13. The van der Waals surface area contributed by atoms with Gasteiger partial charge in [-0.2, -0.15) is 0 Å². The molecular weight excluding hydrogens is 230 g/mol. The number of nitrogens with one attached hydrogen (secondary N) is 1. The number of hydrogen-bond donors (Lipinski definition) is 2. The molecular formula is C14H21NO3. The van der Waals surface area contributed by atoms with E-state index in [9.17, 15) is 4.79 Å². The lowest BCUT2D eigenvalue weighted by atomic mass is 10.0. The third-order valence-corrected chi connectivity index (χ3v) is 2.76. The zero-order valence-electron chi connectivity index (χ0n) is 10.8. The number of benzene rings is 1. The normalized spacial score (nSPS) is 10.3. The standard InChI is InChI=1S/C14H21NO3/c1-18-14(17)10-12-6-2-3-7-13(12)11-15-8-4-5-9-16/h2-3,6-7,15-16H,4-5,8-11H2,1H3. The van der Waals surface area contributed by atoms with Crippen LogP contribution in [0.5, 0.6) is 0 Å². The lowest BCUT2D eigenvalue weighted by molar-refractivity contribution is -0.139. The zero-order chi connectivity index (χ0) is 13.2. The molecule has 0 aliphatic rings. The van der Waals surface area contributed by atoms with Crippen molar-refractivity contribution in [2.45, 2.75) is 25.8 Å². The molecule has 0 heterocycles. The van der Waals surface area contributed by atoms with E-state index in [1.54, 1.807) is 0 Å². The summed E-state index contributed by atoms with van der Waals surface area (Å²) in [6.45, 7) is 1.84. The number of carbonyl (C=O) groups excluding carboxylic acids is 1. The smallest absolute Gasteiger partial charge is 0.309 e. The number of rotatable bonds is 8. The number of aliphatic hydroxyl groups excluding tert-OH is 1. The van der Waals surface area contributed by atoms with Crippen molar-refractivity contribution in [3.8, 4) is 0 Å². The van der Waals surface area contributed by atoms with Crippen LogP contribution in [0.2, 0.25) is 0 Å². The SMILES string of the molecule is COC(=O)Cc1ccccc1CNCCCCO. The highest BCUT2D eigenvalue weighted by atomic mass is 16.5. The summed E-state index contributed by atoms with van der Waals surface area (Å²) in [5.74, 6) is -0.220. The molecule has 0 atom stereocenters. The van der Waals surface area contributed by atoms with Crippen LogP contribution in [0.25, 0.3) is 0 Å². The summed E-state index contributed by atoms with van der Waals surface area (Å²) in [6, 6.07) is 7.85. The molecule has 1 aromatic rings. The molecule has 4 nitrogen and oxygen atoms in total. The summed E-state index contributed by atoms with van der Waals surface area (Å²) < 4.78 is 4.68. The summed E-state index contributed by atoms with van der Waals surface area (Å²) in [5.41, 5.74) is 2.12. The van der Waals surface area contributed by atoms with Crippen LogP contribution >= 0.6 is 0 Å². The first-order valence-electron chi connectivity index (χ1n) is 6.23. The first kappa shape index (κ1) is 14.7. The minimum atomic E-state index is -0.220. The van der Waals surface area contributed by atoms with E-state index in [1.807, 2.05) is 24.3 Å². The summed E-state index contributed by atoms with van der Waals surface area (Å²) in [7, 11) is 1.40. The Balaban J connectivity index is 2.46. The molecule has 2 N–H and O–H groups in total. The monoisotopic (exact) mass is 251 g/mol. The molecule has 0 saturated carbocycles. The Morgan fingerprint density at radius 1 is 1.28 bits per heavy atom. The van der Waals surface area contributed by atoms with Crippen molar-refractivity contribution in [1.82, 2.24) is 5.32 Å². The molecule has 0 aliphatic heterocycles. The third kappa shape index (κ3) is 5.29. The number of aliphatic hydroxyl groups is 1. The molecule has 0 unspecified atom stereocenters. The van der Waals surface area contributed by atoms with Gasteiger partial charge in [-0.1, -0.05) is 24.3 Å². The van der Waals surface area contributed by atoms with Crippen molar-refractivity contribution in [1.29, 1.82) is 0 Å². The fourth-order valence-corrected chi connectivity index (χ4v) is 1.71. The van der Waals surface area contributed by atoms with Crippen LogP contribution in [-0.2, 0) is 22.5 Å². The predicted octanol–water partition coefficient (Wildman–Crippen LogP) is 1.26. The predicted molar refractivity (Wildman–Crippen MR) is 70.2 cm³/mol. The first-order chi connectivity index (χ1) is 8.77. The van der Waals surface area contributed by atoms with Crippen LogP contribution < -0.4 is 5.32 Å². The second-order valence-corrected chi connectivity index (χ2v) is 4.13. The Labute approximate surface area is 108 Å². The minimum absolute atomic E-state index is 0.220. The van der Waals surface area contributed by atoms with Crippen LogP contribution in [0.15, 0.2) is 24.3 Å². The van der Waals surface area contributed by atoms with Gasteiger partial charge in [0, 0.05) is 13.2 Å². The summed E-state index contributed by atoms with van der Waals surface area (Å²) >= 11 is 0. The van der Waals surface area contributed by atoms with E-state index >= 15 is 0 Å². The van der Waals surface area contributed by atoms with E-state index in [0.717, 1.165) is 37.1 Å². The molecule has 1 rings (SSSR count). The van der Waals surface area contributed by atoms with Gasteiger partial charge in [-0.25, -0.2) is 0 Å². The number of methoxy groups -OCH3 is 1. The van der Waals surface area contributed by atoms with Crippen molar-refractivity contribution in [3.05, 3.63) is 35.4 Å². The van der Waals surface area contributed by atoms with Gasteiger partial charge in [-0.3, -0.25) is 4.79 Å². The summed E-state index contributed by atoms with van der Waals surface area (Å²) in [5, 5.41) is 12.0. The van der Waals surface area contributed by atoms with Crippen molar-refractivity contribution in [3.63, 3.8) is 0 Å². The number of carbonyl (C=O) groups is 1. The Morgan fingerprint density at radius 3 is 2.67 bits per heavy atom. The fraction of sp³-hybridized carbons (Fsp3) is 0.500. The number of ether oxygens (including phenoxy) is 1. The molecule has 0 saturated heterocycles. The number of hydrogen-bond acceptors (Lipinski definition) is 4. The molecule has 1 aromatic carbocycles. The van der Waals surface area contributed by atoms with E-state index in [1.165, 1.54) is 7.11 Å². The topological polar surface area (TPSA) is 58.6 Å². The lowest BCUT2D eigenvalue weighted by Crippen LogP contribution is -2.17. The average Bonchev–Trinajstić information content (AvgIpc) is 2.40. The highest BCUT2D eigenvalue weighted by molar-refractivity contribution is 5.72. The minimum Gasteiger partial charge on any atom is -0.469 e. The third-order valence-electron chi connectivity index (χ3n) is 2.76. The van der Waals surface area contributed by atoms with Crippen LogP contribution in [0.4, 0.5) is 0 Å². The Kier molecular flexibility index (Phi) is 7.06. The molecule has 0 radical (unpaired) electrons. The van der Waals surface area contributed by atoms with Gasteiger partial charge in [0.15, 0.2) is 0 Å². The van der Waals surface area contributed by atoms with Crippen molar-refractivity contribution < 1.29 is 14.6 Å². The van der Waals surface area contributed by atoms with Crippen molar-refractivity contribution in [2.24, 2.45) is 0 Å². The Morgan fingerprint density at radius 2 is 2.00 bits per heavy atom. The van der Waals surface area contributed by atoms with Gasteiger partial charge >= 0.3 is 5.97 Å². The molecule has 0 bridgehead atoms. The summed E-state index contributed by atoms with van der Waals surface area (Å²) in [6.07, 6.45) is 2.08. The Bertz CT molecular complexity index is 366. The zero-order valence-corrected chi connectivity index (χ0v) is 10.8. The van der Waals surface area contributed by atoms with Gasteiger partial charge in [-0.05, 0) is 30.5 Å². The first-order valence-corrected chi connectivity index (χ1v) is 6.23. The van der Waals surface area contributed by atoms with Crippen LogP contribution in [0, 0.1) is 0 Å².